The summed E-state index contributed by atoms with van der Waals surface area (Å²) in [6.07, 6.45) is 4.72. The molecule has 0 radical (unpaired) electrons. The molecule has 5 aromatic rings. The predicted octanol–water partition coefficient (Wildman–Crippen LogP) is 3.08. The van der Waals surface area contributed by atoms with Crippen LogP contribution in [0.1, 0.15) is 5.56 Å². The van der Waals surface area contributed by atoms with E-state index in [2.05, 4.69) is 47.1 Å². The van der Waals surface area contributed by atoms with Crippen LogP contribution in [0.3, 0.4) is 0 Å². The van der Waals surface area contributed by atoms with Crippen LogP contribution in [0, 0.1) is 5.82 Å². The van der Waals surface area contributed by atoms with Gasteiger partial charge in [-0.2, -0.15) is 24.6 Å². The molecule has 0 aliphatic carbocycles. The molecule has 0 N–H and O–H groups in total. The van der Waals surface area contributed by atoms with E-state index in [1.54, 1.807) is 17.1 Å². The van der Waals surface area contributed by atoms with Gasteiger partial charge in [0, 0.05) is 44.3 Å². The minimum Gasteiger partial charge on any atom is -0.296 e. The number of rotatable bonds is 5. The highest BCUT2D eigenvalue weighted by Gasteiger charge is 2.28. The van der Waals surface area contributed by atoms with Crippen LogP contribution in [0.2, 0.25) is 0 Å². The molecule has 0 bridgehead atoms. The Morgan fingerprint density at radius 1 is 0.824 bits per heavy atom. The van der Waals surface area contributed by atoms with Crippen molar-refractivity contribution in [2.45, 2.75) is 6.54 Å². The summed E-state index contributed by atoms with van der Waals surface area (Å²) >= 11 is 0. The number of pyridine rings is 1. The van der Waals surface area contributed by atoms with Crippen molar-refractivity contribution in [3.63, 3.8) is 0 Å². The second-order valence-corrected chi connectivity index (χ2v) is 8.13. The van der Waals surface area contributed by atoms with Crippen molar-refractivity contribution >= 4 is 28.3 Å². The van der Waals surface area contributed by atoms with Crippen LogP contribution in [0.5, 0.6) is 0 Å². The van der Waals surface area contributed by atoms with E-state index in [0.29, 0.717) is 30.5 Å². The van der Waals surface area contributed by atoms with Crippen LogP contribution in [0.15, 0.2) is 73.4 Å². The van der Waals surface area contributed by atoms with Gasteiger partial charge in [0.1, 0.15) is 18.5 Å². The highest BCUT2D eigenvalue weighted by Crippen LogP contribution is 2.29. The molecule has 0 saturated carbocycles. The second kappa shape index (κ2) is 8.73. The van der Waals surface area contributed by atoms with Crippen LogP contribution >= 0.6 is 0 Å². The fourth-order valence-corrected chi connectivity index (χ4v) is 4.44. The van der Waals surface area contributed by atoms with Crippen molar-refractivity contribution in [3.8, 4) is 0 Å². The summed E-state index contributed by atoms with van der Waals surface area (Å²) in [5.74, 6) is 0.524. The van der Waals surface area contributed by atoms with Gasteiger partial charge in [0.25, 0.3) is 11.7 Å². The van der Waals surface area contributed by atoms with Crippen molar-refractivity contribution in [1.82, 2.24) is 39.5 Å². The smallest absolute Gasteiger partial charge is 0.256 e. The van der Waals surface area contributed by atoms with E-state index in [1.807, 2.05) is 30.5 Å². The number of anilines is 2. The zero-order valence-electron chi connectivity index (χ0n) is 18.4. The number of halogens is 1. The Balaban J connectivity index is 1.28. The molecular formula is C24H22FN9. The van der Waals surface area contributed by atoms with Crippen molar-refractivity contribution in [2.75, 3.05) is 31.2 Å². The van der Waals surface area contributed by atoms with Gasteiger partial charge < -0.3 is 0 Å². The number of hydrogen-bond acceptors (Lipinski definition) is 8. The topological polar surface area (TPSA) is 78.6 Å². The van der Waals surface area contributed by atoms with E-state index in [1.165, 1.54) is 34.2 Å². The Labute approximate surface area is 195 Å². The number of hydrazine groups is 1. The van der Waals surface area contributed by atoms with E-state index in [9.17, 15) is 4.39 Å². The van der Waals surface area contributed by atoms with Gasteiger partial charge in [-0.1, -0.05) is 30.3 Å². The first-order valence-electron chi connectivity index (χ1n) is 11.1. The summed E-state index contributed by atoms with van der Waals surface area (Å²) in [6, 6.07) is 17.0. The third-order valence-electron chi connectivity index (χ3n) is 6.10. The third-order valence-corrected chi connectivity index (χ3v) is 6.10. The maximum atomic E-state index is 14.9. The van der Waals surface area contributed by atoms with Gasteiger partial charge in [0.05, 0.1) is 11.2 Å². The summed E-state index contributed by atoms with van der Waals surface area (Å²) in [7, 11) is 0. The fourth-order valence-electron chi connectivity index (χ4n) is 4.44. The van der Waals surface area contributed by atoms with E-state index >= 15 is 0 Å². The molecule has 9 nitrogen and oxygen atoms in total. The number of para-hydroxylation sites is 2. The highest BCUT2D eigenvalue weighted by atomic mass is 19.1. The first-order valence-corrected chi connectivity index (χ1v) is 11.1. The van der Waals surface area contributed by atoms with Gasteiger partial charge in [-0.25, -0.2) is 14.4 Å². The van der Waals surface area contributed by atoms with Crippen molar-refractivity contribution in [2.24, 2.45) is 0 Å². The monoisotopic (exact) mass is 455 g/mol. The number of hydrogen-bond donors (Lipinski definition) is 0. The second-order valence-electron chi connectivity index (χ2n) is 8.13. The Morgan fingerprint density at radius 2 is 1.62 bits per heavy atom. The maximum absolute atomic E-state index is 14.9. The molecule has 1 aliphatic heterocycles. The summed E-state index contributed by atoms with van der Waals surface area (Å²) in [6.45, 7) is 3.84. The molecule has 170 valence electrons. The number of piperazine rings is 1. The standard InChI is InChI=1S/C24H22FN9/c25-20-6-2-4-8-22(20)34(24-29-16-27-23-28-17-30-33(23)24)32-13-11-31(12-14-32)15-18-9-10-26-21-7-3-1-5-19(18)21/h1-10,16-17H,11-15H2. The van der Waals surface area contributed by atoms with Gasteiger partial charge in [-0.3, -0.25) is 9.88 Å². The number of benzene rings is 2. The van der Waals surface area contributed by atoms with Crippen LogP contribution in [0.25, 0.3) is 16.7 Å². The SMILES string of the molecule is Fc1ccccc1N(c1ncnc2ncnn12)N1CCN(Cc2ccnc3ccccc23)CC1. The number of nitrogens with zero attached hydrogens (tertiary/aromatic N) is 9. The van der Waals surface area contributed by atoms with E-state index in [-0.39, 0.29) is 5.82 Å². The molecule has 1 fully saturated rings. The fraction of sp³-hybridized carbons (Fsp3) is 0.208. The summed E-state index contributed by atoms with van der Waals surface area (Å²) in [4.78, 5) is 19.6. The summed E-state index contributed by atoms with van der Waals surface area (Å²) in [5, 5.41) is 9.33. The lowest BCUT2D eigenvalue weighted by Gasteiger charge is -2.41. The Kier molecular flexibility index (Phi) is 5.28. The minimum absolute atomic E-state index is 0.333. The lowest BCUT2D eigenvalue weighted by molar-refractivity contribution is 0.125. The molecule has 3 aromatic heterocycles. The molecule has 0 unspecified atom stereocenters. The van der Waals surface area contributed by atoms with Crippen LogP contribution in [-0.4, -0.2) is 65.6 Å². The lowest BCUT2D eigenvalue weighted by atomic mass is 10.1. The van der Waals surface area contributed by atoms with E-state index in [0.717, 1.165) is 25.2 Å². The van der Waals surface area contributed by atoms with E-state index < -0.39 is 0 Å². The first kappa shape index (κ1) is 20.6. The molecule has 1 saturated heterocycles. The van der Waals surface area contributed by atoms with Gasteiger partial charge in [0.2, 0.25) is 0 Å². The van der Waals surface area contributed by atoms with Gasteiger partial charge >= 0.3 is 0 Å². The third kappa shape index (κ3) is 3.72. The Morgan fingerprint density at radius 3 is 2.50 bits per heavy atom. The molecule has 6 rings (SSSR count). The number of aromatic nitrogens is 6. The predicted molar refractivity (Wildman–Crippen MR) is 126 cm³/mol. The Hall–Kier alpha value is -4.02. The van der Waals surface area contributed by atoms with Crippen LogP contribution in [-0.2, 0) is 6.54 Å². The molecule has 34 heavy (non-hydrogen) atoms. The molecular weight excluding hydrogens is 433 g/mol. The summed E-state index contributed by atoms with van der Waals surface area (Å²) in [5.41, 5.74) is 2.67. The average Bonchev–Trinajstić information content (AvgIpc) is 3.36. The molecule has 0 spiro atoms. The molecule has 0 amide bonds. The zero-order chi connectivity index (χ0) is 22.9. The molecule has 0 atom stereocenters. The largest absolute Gasteiger partial charge is 0.296 e. The molecule has 2 aromatic carbocycles. The average molecular weight is 456 g/mol. The highest BCUT2D eigenvalue weighted by molar-refractivity contribution is 5.81. The minimum atomic E-state index is -0.333. The number of fused-ring (bicyclic) bond motifs is 2. The lowest BCUT2D eigenvalue weighted by Crippen LogP contribution is -2.53. The zero-order valence-corrected chi connectivity index (χ0v) is 18.4. The van der Waals surface area contributed by atoms with Gasteiger partial charge in [-0.05, 0) is 29.8 Å². The Bertz CT molecular complexity index is 1440. The summed E-state index contributed by atoms with van der Waals surface area (Å²) < 4.78 is 16.5. The van der Waals surface area contributed by atoms with Crippen molar-refractivity contribution in [3.05, 3.63) is 84.8 Å². The maximum Gasteiger partial charge on any atom is 0.256 e. The normalized spacial score (nSPS) is 15.2. The molecule has 1 aliphatic rings. The van der Waals surface area contributed by atoms with Crippen molar-refractivity contribution in [1.29, 1.82) is 0 Å². The van der Waals surface area contributed by atoms with Crippen LogP contribution in [0.4, 0.5) is 16.0 Å². The van der Waals surface area contributed by atoms with Gasteiger partial charge in [0.15, 0.2) is 0 Å². The van der Waals surface area contributed by atoms with E-state index in [4.69, 9.17) is 0 Å². The molecule has 4 heterocycles. The van der Waals surface area contributed by atoms with Crippen LogP contribution < -0.4 is 5.01 Å². The van der Waals surface area contributed by atoms with Gasteiger partial charge in [-0.15, -0.1) is 0 Å². The van der Waals surface area contributed by atoms with Crippen molar-refractivity contribution < 1.29 is 4.39 Å². The quantitative estimate of drug-likeness (QED) is 0.400. The first-order chi connectivity index (χ1) is 16.8. The molecule has 10 heteroatoms.